The summed E-state index contributed by atoms with van der Waals surface area (Å²) in [4.78, 5) is 10.1. The van der Waals surface area contributed by atoms with Gasteiger partial charge in [0.15, 0.2) is 0 Å². The number of aliphatic hydroxyl groups excluding tert-OH is 1. The molecule has 1 rings (SSSR count). The molecule has 0 bridgehead atoms. The second kappa shape index (κ2) is 6.35. The van der Waals surface area contributed by atoms with Crippen LogP contribution in [0.4, 0.5) is 5.69 Å². The van der Waals surface area contributed by atoms with Crippen LogP contribution in [0.2, 0.25) is 0 Å². The first-order valence-corrected chi connectivity index (χ1v) is 5.87. The molecule has 1 aromatic carbocycles. The third kappa shape index (κ3) is 4.53. The average molecular weight is 237 g/mol. The van der Waals surface area contributed by atoms with Crippen LogP contribution in [0.3, 0.4) is 0 Å². The molecule has 0 aliphatic heterocycles. The van der Waals surface area contributed by atoms with Crippen molar-refractivity contribution < 1.29 is 10.0 Å². The lowest BCUT2D eigenvalue weighted by Gasteiger charge is -2.15. The summed E-state index contributed by atoms with van der Waals surface area (Å²) >= 11 is 0. The summed E-state index contributed by atoms with van der Waals surface area (Å²) in [6.45, 7) is 4.37. The fourth-order valence-electron chi connectivity index (χ4n) is 2.00. The van der Waals surface area contributed by atoms with Gasteiger partial charge in [-0.05, 0) is 30.2 Å². The Morgan fingerprint density at radius 2 is 1.82 bits per heavy atom. The molecule has 0 radical (unpaired) electrons. The molecule has 4 heteroatoms. The van der Waals surface area contributed by atoms with E-state index in [1.54, 1.807) is 12.1 Å². The van der Waals surface area contributed by atoms with Crippen molar-refractivity contribution in [3.63, 3.8) is 0 Å². The van der Waals surface area contributed by atoms with Gasteiger partial charge in [-0.3, -0.25) is 10.1 Å². The van der Waals surface area contributed by atoms with E-state index in [1.807, 2.05) is 6.92 Å². The molecule has 0 fully saturated rings. The largest absolute Gasteiger partial charge is 0.396 e. The highest BCUT2D eigenvalue weighted by molar-refractivity contribution is 5.32. The summed E-state index contributed by atoms with van der Waals surface area (Å²) in [7, 11) is 0. The number of nitro groups is 1. The number of benzene rings is 1. The number of hydrogen-bond acceptors (Lipinski definition) is 3. The van der Waals surface area contributed by atoms with E-state index in [1.165, 1.54) is 12.1 Å². The zero-order chi connectivity index (χ0) is 12.8. The molecule has 1 aromatic rings. The summed E-state index contributed by atoms with van der Waals surface area (Å²) in [5.74, 6) is 0.779. The molecule has 0 amide bonds. The topological polar surface area (TPSA) is 63.4 Å². The lowest BCUT2D eigenvalue weighted by molar-refractivity contribution is -0.384. The van der Waals surface area contributed by atoms with Crippen molar-refractivity contribution in [2.75, 3.05) is 6.61 Å². The highest BCUT2D eigenvalue weighted by Gasteiger charge is 2.10. The summed E-state index contributed by atoms with van der Waals surface area (Å²) in [5, 5.41) is 19.5. The second-order valence-corrected chi connectivity index (χ2v) is 4.76. The molecule has 94 valence electrons. The van der Waals surface area contributed by atoms with Crippen molar-refractivity contribution in [2.45, 2.75) is 26.7 Å². The van der Waals surface area contributed by atoms with Gasteiger partial charge < -0.3 is 5.11 Å². The molecule has 0 aliphatic rings. The predicted molar refractivity (Wildman–Crippen MR) is 66.8 cm³/mol. The average Bonchev–Trinajstić information content (AvgIpc) is 2.29. The third-order valence-corrected chi connectivity index (χ3v) is 2.85. The monoisotopic (exact) mass is 237 g/mol. The Morgan fingerprint density at radius 3 is 2.29 bits per heavy atom. The maximum absolute atomic E-state index is 10.5. The first-order valence-electron chi connectivity index (χ1n) is 5.87. The molecule has 1 N–H and O–H groups in total. The number of nitro benzene ring substituents is 1. The Morgan fingerprint density at radius 1 is 1.24 bits per heavy atom. The number of aliphatic hydroxyl groups is 1. The Bertz CT molecular complexity index is 361. The van der Waals surface area contributed by atoms with E-state index in [0.717, 1.165) is 18.4 Å². The summed E-state index contributed by atoms with van der Waals surface area (Å²) in [6.07, 6.45) is 1.86. The van der Waals surface area contributed by atoms with E-state index in [0.29, 0.717) is 11.8 Å². The van der Waals surface area contributed by atoms with Gasteiger partial charge in [-0.15, -0.1) is 0 Å². The van der Waals surface area contributed by atoms with Crippen LogP contribution in [-0.4, -0.2) is 16.6 Å². The Labute approximate surface area is 101 Å². The van der Waals surface area contributed by atoms with Crippen molar-refractivity contribution in [3.05, 3.63) is 39.9 Å². The van der Waals surface area contributed by atoms with Gasteiger partial charge >= 0.3 is 0 Å². The van der Waals surface area contributed by atoms with E-state index in [4.69, 9.17) is 5.11 Å². The fraction of sp³-hybridized carbons (Fsp3) is 0.538. The maximum atomic E-state index is 10.5. The van der Waals surface area contributed by atoms with Crippen molar-refractivity contribution in [2.24, 2.45) is 11.8 Å². The minimum Gasteiger partial charge on any atom is -0.396 e. The van der Waals surface area contributed by atoms with Crippen molar-refractivity contribution in [1.29, 1.82) is 0 Å². The zero-order valence-electron chi connectivity index (χ0n) is 10.3. The Kier molecular flexibility index (Phi) is 5.10. The summed E-state index contributed by atoms with van der Waals surface area (Å²) < 4.78 is 0. The number of non-ortho nitro benzene ring substituents is 1. The molecule has 17 heavy (non-hydrogen) atoms. The lowest BCUT2D eigenvalue weighted by atomic mass is 9.92. The highest BCUT2D eigenvalue weighted by Crippen LogP contribution is 2.19. The molecule has 2 atom stereocenters. The van der Waals surface area contributed by atoms with E-state index in [-0.39, 0.29) is 17.2 Å². The first-order chi connectivity index (χ1) is 8.02. The molecule has 0 saturated carbocycles. The number of rotatable bonds is 6. The molecular weight excluding hydrogens is 218 g/mol. The minimum absolute atomic E-state index is 0.130. The SMILES string of the molecule is C[C@H](CO)C[C@@H](C)Cc1ccc([N+](=O)[O-])cc1. The van der Waals surface area contributed by atoms with Crippen LogP contribution in [0.5, 0.6) is 0 Å². The molecule has 0 heterocycles. The van der Waals surface area contributed by atoms with Crippen molar-refractivity contribution in [3.8, 4) is 0 Å². The predicted octanol–water partition coefficient (Wildman–Crippen LogP) is 2.79. The number of nitrogens with zero attached hydrogens (tertiary/aromatic N) is 1. The van der Waals surface area contributed by atoms with Crippen LogP contribution < -0.4 is 0 Å². The van der Waals surface area contributed by atoms with Gasteiger partial charge in [-0.25, -0.2) is 0 Å². The third-order valence-electron chi connectivity index (χ3n) is 2.85. The van der Waals surface area contributed by atoms with Gasteiger partial charge in [0.2, 0.25) is 0 Å². The molecule has 0 spiro atoms. The fourth-order valence-corrected chi connectivity index (χ4v) is 2.00. The summed E-state index contributed by atoms with van der Waals surface area (Å²) in [5.41, 5.74) is 1.23. The molecule has 0 unspecified atom stereocenters. The second-order valence-electron chi connectivity index (χ2n) is 4.76. The smallest absolute Gasteiger partial charge is 0.269 e. The van der Waals surface area contributed by atoms with Crippen LogP contribution in [0.25, 0.3) is 0 Å². The Balaban J connectivity index is 2.54. The van der Waals surface area contributed by atoms with Gasteiger partial charge in [0.05, 0.1) is 4.92 Å². The molecule has 0 saturated heterocycles. The van der Waals surface area contributed by atoms with Crippen molar-refractivity contribution >= 4 is 5.69 Å². The first kappa shape index (κ1) is 13.6. The molecular formula is C13H19NO3. The van der Waals surface area contributed by atoms with E-state index >= 15 is 0 Å². The normalized spacial score (nSPS) is 14.3. The van der Waals surface area contributed by atoms with Gasteiger partial charge in [0.1, 0.15) is 0 Å². The Hall–Kier alpha value is -1.42. The number of hydrogen-bond donors (Lipinski definition) is 1. The van der Waals surface area contributed by atoms with Gasteiger partial charge in [0, 0.05) is 18.7 Å². The maximum Gasteiger partial charge on any atom is 0.269 e. The van der Waals surface area contributed by atoms with Crippen molar-refractivity contribution in [1.82, 2.24) is 0 Å². The van der Waals surface area contributed by atoms with E-state index in [2.05, 4.69) is 6.92 Å². The minimum atomic E-state index is -0.388. The summed E-state index contributed by atoms with van der Waals surface area (Å²) in [6, 6.07) is 6.69. The standard InChI is InChI=1S/C13H19NO3/c1-10(7-11(2)9-15)8-12-3-5-13(6-4-12)14(16)17/h3-6,10-11,15H,7-9H2,1-2H3/t10-,11+/m1/s1. The van der Waals surface area contributed by atoms with Gasteiger partial charge in [0.25, 0.3) is 5.69 Å². The molecule has 0 aliphatic carbocycles. The van der Waals surface area contributed by atoms with E-state index < -0.39 is 0 Å². The van der Waals surface area contributed by atoms with Gasteiger partial charge in [-0.1, -0.05) is 26.0 Å². The highest BCUT2D eigenvalue weighted by atomic mass is 16.6. The quantitative estimate of drug-likeness (QED) is 0.611. The van der Waals surface area contributed by atoms with Crippen LogP contribution >= 0.6 is 0 Å². The van der Waals surface area contributed by atoms with Crippen LogP contribution in [0.15, 0.2) is 24.3 Å². The van der Waals surface area contributed by atoms with Crippen LogP contribution in [0, 0.1) is 22.0 Å². The lowest BCUT2D eigenvalue weighted by Crippen LogP contribution is -2.09. The van der Waals surface area contributed by atoms with E-state index in [9.17, 15) is 10.1 Å². The van der Waals surface area contributed by atoms with Crippen LogP contribution in [-0.2, 0) is 6.42 Å². The molecule has 4 nitrogen and oxygen atoms in total. The zero-order valence-corrected chi connectivity index (χ0v) is 10.3. The molecule has 0 aromatic heterocycles. The van der Waals surface area contributed by atoms with Crippen LogP contribution in [0.1, 0.15) is 25.8 Å². The van der Waals surface area contributed by atoms with Gasteiger partial charge in [-0.2, -0.15) is 0 Å².